The van der Waals surface area contributed by atoms with Crippen molar-refractivity contribution in [1.29, 1.82) is 0 Å². The fourth-order valence-corrected chi connectivity index (χ4v) is 2.56. The van der Waals surface area contributed by atoms with Crippen LogP contribution in [0.5, 0.6) is 11.5 Å². The van der Waals surface area contributed by atoms with E-state index in [1.165, 1.54) is 30.9 Å². The number of non-ortho nitro benzene ring substituents is 1. The Morgan fingerprint density at radius 3 is 1.95 bits per heavy atom. The van der Waals surface area contributed by atoms with Crippen molar-refractivity contribution in [1.82, 2.24) is 0 Å². The number of para-hydroxylation sites is 1. The Morgan fingerprint density at radius 1 is 0.950 bits per heavy atom. The van der Waals surface area contributed by atoms with E-state index in [2.05, 4.69) is 0 Å². The molecule has 0 saturated heterocycles. The van der Waals surface area contributed by atoms with Crippen LogP contribution in [0.25, 0.3) is 0 Å². The summed E-state index contributed by atoms with van der Waals surface area (Å²) in [6.07, 6.45) is 0. The van der Waals surface area contributed by atoms with Crippen LogP contribution >= 0.6 is 7.60 Å². The van der Waals surface area contributed by atoms with Crippen molar-refractivity contribution in [3.63, 3.8) is 0 Å². The number of nitro groups is 1. The zero-order valence-electron chi connectivity index (χ0n) is 10.6. The smallest absolute Gasteiger partial charge is 0.416 e. The first-order chi connectivity index (χ1) is 9.46. The third-order valence-electron chi connectivity index (χ3n) is 2.33. The van der Waals surface area contributed by atoms with Crippen LogP contribution in [-0.4, -0.2) is 11.6 Å². The maximum Gasteiger partial charge on any atom is 0.427 e. The van der Waals surface area contributed by atoms with Crippen molar-refractivity contribution in [3.8, 4) is 11.5 Å². The normalized spacial score (nSPS) is 13.2. The molecular formula is C13H12NO5P. The highest BCUT2D eigenvalue weighted by molar-refractivity contribution is 7.53. The molecule has 0 aliphatic carbocycles. The van der Waals surface area contributed by atoms with E-state index in [1.54, 1.807) is 24.3 Å². The Morgan fingerprint density at radius 2 is 1.45 bits per heavy atom. The molecule has 0 saturated carbocycles. The first-order valence-electron chi connectivity index (χ1n) is 5.72. The predicted octanol–water partition coefficient (Wildman–Crippen LogP) is 3.88. The van der Waals surface area contributed by atoms with E-state index in [-0.39, 0.29) is 11.4 Å². The minimum absolute atomic E-state index is 0.0627. The number of rotatable bonds is 5. The van der Waals surface area contributed by atoms with Crippen molar-refractivity contribution in [3.05, 3.63) is 64.7 Å². The van der Waals surface area contributed by atoms with Crippen molar-refractivity contribution in [2.24, 2.45) is 0 Å². The largest absolute Gasteiger partial charge is 0.427 e. The molecule has 6 nitrogen and oxygen atoms in total. The van der Waals surface area contributed by atoms with E-state index in [4.69, 9.17) is 9.05 Å². The van der Waals surface area contributed by atoms with Gasteiger partial charge in [-0.15, -0.1) is 0 Å². The fourth-order valence-electron chi connectivity index (χ4n) is 1.51. The Hall–Kier alpha value is -2.33. The predicted molar refractivity (Wildman–Crippen MR) is 74.3 cm³/mol. The van der Waals surface area contributed by atoms with E-state index >= 15 is 0 Å². The fraction of sp³-hybridized carbons (Fsp3) is 0.0769. The molecule has 20 heavy (non-hydrogen) atoms. The average molecular weight is 293 g/mol. The number of hydrogen-bond donors (Lipinski definition) is 0. The molecule has 0 aromatic heterocycles. The van der Waals surface area contributed by atoms with Crippen molar-refractivity contribution in [2.75, 3.05) is 6.66 Å². The van der Waals surface area contributed by atoms with Gasteiger partial charge in [-0.3, -0.25) is 10.1 Å². The second-order valence-electron chi connectivity index (χ2n) is 4.02. The van der Waals surface area contributed by atoms with Crippen LogP contribution in [0, 0.1) is 10.1 Å². The summed E-state index contributed by atoms with van der Waals surface area (Å²) in [5.41, 5.74) is -0.0627. The van der Waals surface area contributed by atoms with Gasteiger partial charge in [0.1, 0.15) is 11.5 Å². The second kappa shape index (κ2) is 5.75. The van der Waals surface area contributed by atoms with Crippen LogP contribution in [0.2, 0.25) is 0 Å². The molecule has 2 rings (SSSR count). The number of nitrogens with zero attached hydrogens (tertiary/aromatic N) is 1. The lowest BCUT2D eigenvalue weighted by Gasteiger charge is -2.15. The SMILES string of the molecule is C[P@](=O)(Oc1ccccc1)Oc1ccc([N+](=O)[O-])cc1. The van der Waals surface area contributed by atoms with Gasteiger partial charge in [0, 0.05) is 12.1 Å². The number of nitro benzene ring substituents is 1. The summed E-state index contributed by atoms with van der Waals surface area (Å²) >= 11 is 0. The Labute approximate surface area is 115 Å². The second-order valence-corrected chi connectivity index (χ2v) is 5.93. The molecular weight excluding hydrogens is 281 g/mol. The Bertz CT molecular complexity index is 642. The van der Waals surface area contributed by atoms with Crippen LogP contribution in [0.1, 0.15) is 0 Å². The Kier molecular flexibility index (Phi) is 4.05. The Balaban J connectivity index is 2.08. The molecule has 0 fully saturated rings. The molecule has 2 aromatic carbocycles. The molecule has 0 bridgehead atoms. The number of benzene rings is 2. The third kappa shape index (κ3) is 3.83. The van der Waals surface area contributed by atoms with Gasteiger partial charge in [-0.1, -0.05) is 18.2 Å². The monoisotopic (exact) mass is 293 g/mol. The molecule has 0 N–H and O–H groups in total. The maximum atomic E-state index is 12.2. The summed E-state index contributed by atoms with van der Waals surface area (Å²) in [6.45, 7) is 1.33. The van der Waals surface area contributed by atoms with Gasteiger partial charge in [0.15, 0.2) is 0 Å². The van der Waals surface area contributed by atoms with Gasteiger partial charge in [-0.25, -0.2) is 4.57 Å². The summed E-state index contributed by atoms with van der Waals surface area (Å²) in [4.78, 5) is 10.0. The van der Waals surface area contributed by atoms with Crippen LogP contribution in [0.3, 0.4) is 0 Å². The highest BCUT2D eigenvalue weighted by Gasteiger charge is 2.20. The van der Waals surface area contributed by atoms with E-state index < -0.39 is 12.5 Å². The average Bonchev–Trinajstić information content (AvgIpc) is 2.39. The van der Waals surface area contributed by atoms with E-state index in [0.29, 0.717) is 5.75 Å². The molecule has 0 spiro atoms. The molecule has 0 unspecified atom stereocenters. The zero-order valence-corrected chi connectivity index (χ0v) is 11.5. The minimum atomic E-state index is -3.35. The summed E-state index contributed by atoms with van der Waals surface area (Å²) < 4.78 is 22.7. The van der Waals surface area contributed by atoms with Crippen LogP contribution in [-0.2, 0) is 4.57 Å². The van der Waals surface area contributed by atoms with Crippen LogP contribution in [0.4, 0.5) is 5.69 Å². The van der Waals surface area contributed by atoms with Crippen LogP contribution in [0.15, 0.2) is 54.6 Å². The van der Waals surface area contributed by atoms with E-state index in [0.717, 1.165) is 0 Å². The molecule has 1 atom stereocenters. The summed E-state index contributed by atoms with van der Waals surface area (Å²) in [7, 11) is -3.35. The quantitative estimate of drug-likeness (QED) is 0.475. The lowest BCUT2D eigenvalue weighted by Crippen LogP contribution is -1.99. The van der Waals surface area contributed by atoms with E-state index in [9.17, 15) is 14.7 Å². The van der Waals surface area contributed by atoms with Gasteiger partial charge in [-0.05, 0) is 24.3 Å². The first kappa shape index (κ1) is 14.1. The minimum Gasteiger partial charge on any atom is -0.416 e. The van der Waals surface area contributed by atoms with Gasteiger partial charge < -0.3 is 9.05 Å². The van der Waals surface area contributed by atoms with Gasteiger partial charge in [0.25, 0.3) is 5.69 Å². The molecule has 0 amide bonds. The molecule has 0 aliphatic rings. The van der Waals surface area contributed by atoms with Crippen LogP contribution < -0.4 is 9.05 Å². The molecule has 0 aliphatic heterocycles. The summed E-state index contributed by atoms with van der Waals surface area (Å²) in [5.74, 6) is 0.678. The standard InChI is InChI=1S/C13H12NO5P/c1-20(17,18-12-5-3-2-4-6-12)19-13-9-7-11(8-10-13)14(15)16/h2-10H,1H3/t20-/m0/s1. The molecule has 7 heteroatoms. The van der Waals surface area contributed by atoms with E-state index in [1.807, 2.05) is 6.07 Å². The van der Waals surface area contributed by atoms with Gasteiger partial charge in [-0.2, -0.15) is 0 Å². The van der Waals surface area contributed by atoms with Crippen molar-refractivity contribution in [2.45, 2.75) is 0 Å². The summed E-state index contributed by atoms with van der Waals surface area (Å²) in [6, 6.07) is 13.9. The topological polar surface area (TPSA) is 78.7 Å². The first-order valence-corrected chi connectivity index (χ1v) is 7.71. The molecule has 0 radical (unpaired) electrons. The lowest BCUT2D eigenvalue weighted by atomic mass is 10.3. The molecule has 104 valence electrons. The summed E-state index contributed by atoms with van der Waals surface area (Å²) in [5, 5.41) is 10.5. The van der Waals surface area contributed by atoms with Gasteiger partial charge in [0.2, 0.25) is 0 Å². The van der Waals surface area contributed by atoms with Crippen molar-refractivity contribution < 1.29 is 18.5 Å². The zero-order chi connectivity index (χ0) is 14.6. The highest BCUT2D eigenvalue weighted by Crippen LogP contribution is 2.44. The van der Waals surface area contributed by atoms with Gasteiger partial charge in [0.05, 0.1) is 11.6 Å². The third-order valence-corrected chi connectivity index (χ3v) is 3.42. The lowest BCUT2D eigenvalue weighted by molar-refractivity contribution is -0.384. The number of hydrogen-bond acceptors (Lipinski definition) is 5. The maximum absolute atomic E-state index is 12.2. The molecule has 0 heterocycles. The highest BCUT2D eigenvalue weighted by atomic mass is 31.2. The molecule has 2 aromatic rings. The van der Waals surface area contributed by atoms with Crippen molar-refractivity contribution >= 4 is 13.3 Å². The van der Waals surface area contributed by atoms with Gasteiger partial charge >= 0.3 is 7.60 Å².